The molecule has 2 rings (SSSR count). The number of thiazole rings is 1. The van der Waals surface area contributed by atoms with Crippen LogP contribution in [0.5, 0.6) is 0 Å². The summed E-state index contributed by atoms with van der Waals surface area (Å²) in [6.07, 6.45) is 5.10. The summed E-state index contributed by atoms with van der Waals surface area (Å²) in [5, 5.41) is 7.56. The van der Waals surface area contributed by atoms with Gasteiger partial charge in [0.05, 0.1) is 18.0 Å². The molecule has 2 heterocycles. The van der Waals surface area contributed by atoms with Crippen LogP contribution in [0, 0.1) is 5.92 Å². The summed E-state index contributed by atoms with van der Waals surface area (Å²) < 4.78 is 0. The number of aromatic nitrogens is 1. The van der Waals surface area contributed by atoms with Gasteiger partial charge in [0, 0.05) is 24.2 Å². The Hall–Kier alpha value is -2.35. The molecular formula is C14H16N4O3S. The van der Waals surface area contributed by atoms with Crippen LogP contribution < -0.4 is 10.6 Å². The molecule has 0 radical (unpaired) electrons. The second-order valence-electron chi connectivity index (χ2n) is 4.66. The number of carbonyl (C=O) groups excluding carboxylic acids is 3. The van der Waals surface area contributed by atoms with Crippen LogP contribution >= 0.6 is 11.3 Å². The molecule has 1 atom stereocenters. The SMILES string of the molecule is CCCNC(=O)Cc1csc(NC(=O)C2C=CC(=O)N=C2)n1. The molecule has 0 saturated carbocycles. The minimum absolute atomic E-state index is 0.0918. The Labute approximate surface area is 131 Å². The number of hydrogen-bond donors (Lipinski definition) is 2. The van der Waals surface area contributed by atoms with E-state index < -0.39 is 5.92 Å². The van der Waals surface area contributed by atoms with E-state index in [1.54, 1.807) is 5.38 Å². The molecule has 1 aliphatic rings. The molecule has 116 valence electrons. The van der Waals surface area contributed by atoms with Crippen LogP contribution in [0.25, 0.3) is 0 Å². The van der Waals surface area contributed by atoms with Gasteiger partial charge in [-0.05, 0) is 6.42 Å². The molecule has 1 aromatic heterocycles. The number of dihydropyridines is 1. The van der Waals surface area contributed by atoms with Crippen LogP contribution in [0.15, 0.2) is 22.5 Å². The average molecular weight is 320 g/mol. The smallest absolute Gasteiger partial charge is 0.269 e. The minimum Gasteiger partial charge on any atom is -0.356 e. The Kier molecular flexibility index (Phi) is 5.54. The molecule has 0 aliphatic carbocycles. The lowest BCUT2D eigenvalue weighted by molar-refractivity contribution is -0.120. The molecule has 0 saturated heterocycles. The maximum Gasteiger partial charge on any atom is 0.269 e. The van der Waals surface area contributed by atoms with Crippen molar-refractivity contribution >= 4 is 40.4 Å². The monoisotopic (exact) mass is 320 g/mol. The van der Waals surface area contributed by atoms with Gasteiger partial charge in [0.2, 0.25) is 11.8 Å². The van der Waals surface area contributed by atoms with Crippen molar-refractivity contribution in [3.8, 4) is 0 Å². The third kappa shape index (κ3) is 4.59. The normalized spacial score (nSPS) is 16.6. The van der Waals surface area contributed by atoms with Crippen molar-refractivity contribution in [2.75, 3.05) is 11.9 Å². The average Bonchev–Trinajstić information content (AvgIpc) is 2.92. The van der Waals surface area contributed by atoms with Gasteiger partial charge >= 0.3 is 0 Å². The van der Waals surface area contributed by atoms with Crippen molar-refractivity contribution in [3.05, 3.63) is 23.2 Å². The van der Waals surface area contributed by atoms with Crippen molar-refractivity contribution in [1.82, 2.24) is 10.3 Å². The first-order chi connectivity index (χ1) is 10.6. The van der Waals surface area contributed by atoms with Gasteiger partial charge in [0.1, 0.15) is 0 Å². The lowest BCUT2D eigenvalue weighted by Crippen LogP contribution is -2.26. The summed E-state index contributed by atoms with van der Waals surface area (Å²) in [7, 11) is 0. The quantitative estimate of drug-likeness (QED) is 0.814. The predicted molar refractivity (Wildman–Crippen MR) is 83.9 cm³/mol. The van der Waals surface area contributed by atoms with E-state index in [-0.39, 0.29) is 24.1 Å². The second-order valence-corrected chi connectivity index (χ2v) is 5.52. The van der Waals surface area contributed by atoms with Gasteiger partial charge in [-0.3, -0.25) is 14.4 Å². The number of nitrogens with one attached hydrogen (secondary N) is 2. The highest BCUT2D eigenvalue weighted by Gasteiger charge is 2.18. The summed E-state index contributed by atoms with van der Waals surface area (Å²) in [4.78, 5) is 42.2. The van der Waals surface area contributed by atoms with E-state index in [9.17, 15) is 14.4 Å². The number of carbonyl (C=O) groups is 3. The maximum atomic E-state index is 12.0. The van der Waals surface area contributed by atoms with Gasteiger partial charge in [-0.2, -0.15) is 0 Å². The molecule has 0 bridgehead atoms. The second kappa shape index (κ2) is 7.60. The van der Waals surface area contributed by atoms with E-state index in [0.717, 1.165) is 6.42 Å². The highest BCUT2D eigenvalue weighted by molar-refractivity contribution is 7.13. The van der Waals surface area contributed by atoms with Crippen molar-refractivity contribution in [3.63, 3.8) is 0 Å². The molecule has 0 aromatic carbocycles. The first-order valence-corrected chi connectivity index (χ1v) is 7.74. The number of nitrogens with zero attached hydrogens (tertiary/aromatic N) is 2. The lowest BCUT2D eigenvalue weighted by atomic mass is 10.1. The third-order valence-electron chi connectivity index (χ3n) is 2.81. The van der Waals surface area contributed by atoms with Gasteiger partial charge in [0.15, 0.2) is 5.13 Å². The fraction of sp³-hybridized carbons (Fsp3) is 0.357. The fourth-order valence-corrected chi connectivity index (χ4v) is 2.43. The van der Waals surface area contributed by atoms with E-state index in [1.807, 2.05) is 6.92 Å². The van der Waals surface area contributed by atoms with E-state index in [2.05, 4.69) is 20.6 Å². The maximum absolute atomic E-state index is 12.0. The molecule has 1 aliphatic heterocycles. The van der Waals surface area contributed by atoms with E-state index in [1.165, 1.54) is 29.7 Å². The Bertz CT molecular complexity index is 620. The van der Waals surface area contributed by atoms with Crippen LogP contribution in [0.4, 0.5) is 5.13 Å². The topological polar surface area (TPSA) is 101 Å². The first kappa shape index (κ1) is 16.0. The molecule has 0 spiro atoms. The zero-order chi connectivity index (χ0) is 15.9. The standard InChI is InChI=1S/C14H16N4O3S/c1-2-5-15-12(20)6-10-8-22-14(17-10)18-13(21)9-3-4-11(19)16-7-9/h3-4,7-9H,2,5-6H2,1H3,(H,15,20)(H,17,18,21). The van der Waals surface area contributed by atoms with Crippen molar-refractivity contribution in [2.24, 2.45) is 10.9 Å². The number of anilines is 1. The van der Waals surface area contributed by atoms with Gasteiger partial charge < -0.3 is 10.6 Å². The molecule has 1 unspecified atom stereocenters. The zero-order valence-corrected chi connectivity index (χ0v) is 12.9. The molecular weight excluding hydrogens is 304 g/mol. The van der Waals surface area contributed by atoms with Crippen LogP contribution in [0.3, 0.4) is 0 Å². The van der Waals surface area contributed by atoms with Gasteiger partial charge in [-0.15, -0.1) is 11.3 Å². The summed E-state index contributed by atoms with van der Waals surface area (Å²) in [6, 6.07) is 0. The Morgan fingerprint density at radius 3 is 2.91 bits per heavy atom. The van der Waals surface area contributed by atoms with Crippen LogP contribution in [0.2, 0.25) is 0 Å². The number of amides is 3. The van der Waals surface area contributed by atoms with Crippen LogP contribution in [-0.4, -0.2) is 35.5 Å². The van der Waals surface area contributed by atoms with Crippen LogP contribution in [0.1, 0.15) is 19.0 Å². The third-order valence-corrected chi connectivity index (χ3v) is 3.61. The van der Waals surface area contributed by atoms with Crippen molar-refractivity contribution in [1.29, 1.82) is 0 Å². The Morgan fingerprint density at radius 1 is 1.41 bits per heavy atom. The number of hydrogen-bond acceptors (Lipinski definition) is 5. The van der Waals surface area contributed by atoms with E-state index >= 15 is 0 Å². The van der Waals surface area contributed by atoms with E-state index in [4.69, 9.17) is 0 Å². The fourth-order valence-electron chi connectivity index (χ4n) is 1.71. The lowest BCUT2D eigenvalue weighted by Gasteiger charge is -2.08. The minimum atomic E-state index is -0.585. The zero-order valence-electron chi connectivity index (χ0n) is 12.0. The van der Waals surface area contributed by atoms with Gasteiger partial charge in [0.25, 0.3) is 5.91 Å². The van der Waals surface area contributed by atoms with Crippen molar-refractivity contribution < 1.29 is 14.4 Å². The number of aliphatic imine (C=N–C) groups is 1. The number of rotatable bonds is 6. The molecule has 3 amide bonds. The van der Waals surface area contributed by atoms with Gasteiger partial charge in [-0.25, -0.2) is 9.98 Å². The molecule has 0 fully saturated rings. The Morgan fingerprint density at radius 2 is 2.23 bits per heavy atom. The van der Waals surface area contributed by atoms with Crippen LogP contribution in [-0.2, 0) is 20.8 Å². The summed E-state index contributed by atoms with van der Waals surface area (Å²) in [5.41, 5.74) is 0.608. The summed E-state index contributed by atoms with van der Waals surface area (Å²) >= 11 is 1.25. The van der Waals surface area contributed by atoms with Crippen molar-refractivity contribution in [2.45, 2.75) is 19.8 Å². The van der Waals surface area contributed by atoms with Gasteiger partial charge in [-0.1, -0.05) is 13.0 Å². The Balaban J connectivity index is 1.88. The summed E-state index contributed by atoms with van der Waals surface area (Å²) in [6.45, 7) is 2.62. The highest BCUT2D eigenvalue weighted by Crippen LogP contribution is 2.17. The molecule has 2 N–H and O–H groups in total. The first-order valence-electron chi connectivity index (χ1n) is 6.87. The molecule has 7 nitrogen and oxygen atoms in total. The molecule has 22 heavy (non-hydrogen) atoms. The largest absolute Gasteiger partial charge is 0.356 e. The predicted octanol–water partition coefficient (Wildman–Crippen LogP) is 0.934. The highest BCUT2D eigenvalue weighted by atomic mass is 32.1. The van der Waals surface area contributed by atoms with E-state index in [0.29, 0.717) is 17.4 Å². The molecule has 1 aromatic rings. The molecule has 8 heteroatoms. The summed E-state index contributed by atoms with van der Waals surface area (Å²) in [5.74, 6) is -1.37.